The van der Waals surface area contributed by atoms with Crippen LogP contribution >= 0.6 is 0 Å². The van der Waals surface area contributed by atoms with E-state index in [2.05, 4.69) is 38.7 Å². The molecule has 0 unspecified atom stereocenters. The van der Waals surface area contributed by atoms with Crippen molar-refractivity contribution in [1.29, 1.82) is 0 Å². The topological polar surface area (TPSA) is 20.2 Å². The number of phenolic OH excluding ortho intramolecular Hbond substituents is 1. The highest BCUT2D eigenvalue weighted by Gasteiger charge is 2.11. The lowest BCUT2D eigenvalue weighted by molar-refractivity contribution is 0.472. The fourth-order valence-electron chi connectivity index (χ4n) is 2.33. The van der Waals surface area contributed by atoms with Crippen LogP contribution in [-0.4, -0.2) is 5.11 Å². The number of benzene rings is 1. The first kappa shape index (κ1) is 16.6. The lowest BCUT2D eigenvalue weighted by atomic mass is 9.92. The normalized spacial score (nSPS) is 10.2. The second-order valence-corrected chi connectivity index (χ2v) is 5.36. The fraction of sp³-hybridized carbons (Fsp3) is 0.579. The molecule has 20 heavy (non-hydrogen) atoms. The highest BCUT2D eigenvalue weighted by Crippen LogP contribution is 2.27. The molecule has 0 bridgehead atoms. The van der Waals surface area contributed by atoms with Crippen LogP contribution in [0.25, 0.3) is 0 Å². The van der Waals surface area contributed by atoms with Gasteiger partial charge in [-0.2, -0.15) is 0 Å². The lowest BCUT2D eigenvalue weighted by Crippen LogP contribution is -1.99. The summed E-state index contributed by atoms with van der Waals surface area (Å²) in [6.07, 6.45) is 8.81. The van der Waals surface area contributed by atoms with E-state index in [0.29, 0.717) is 5.75 Å². The Morgan fingerprint density at radius 3 is 2.30 bits per heavy atom. The monoisotopic (exact) mass is 272 g/mol. The predicted octanol–water partition coefficient (Wildman–Crippen LogP) is 5.23. The maximum Gasteiger partial charge on any atom is 0.131 e. The lowest BCUT2D eigenvalue weighted by Gasteiger charge is -2.13. The first-order chi connectivity index (χ1) is 9.74. The van der Waals surface area contributed by atoms with Crippen molar-refractivity contribution >= 4 is 0 Å². The van der Waals surface area contributed by atoms with Crippen molar-refractivity contribution < 1.29 is 5.11 Å². The number of aryl methyl sites for hydroxylation is 1. The summed E-state index contributed by atoms with van der Waals surface area (Å²) in [5.74, 6) is 6.74. The van der Waals surface area contributed by atoms with Gasteiger partial charge in [0.05, 0.1) is 5.56 Å². The molecule has 0 aromatic heterocycles. The minimum absolute atomic E-state index is 0.347. The summed E-state index contributed by atoms with van der Waals surface area (Å²) < 4.78 is 0. The number of aromatic hydroxyl groups is 1. The predicted molar refractivity (Wildman–Crippen MR) is 87.1 cm³/mol. The van der Waals surface area contributed by atoms with Crippen LogP contribution in [0, 0.1) is 11.8 Å². The van der Waals surface area contributed by atoms with E-state index in [4.69, 9.17) is 0 Å². The molecule has 0 saturated heterocycles. The quantitative estimate of drug-likeness (QED) is 0.674. The van der Waals surface area contributed by atoms with Crippen LogP contribution in [0.3, 0.4) is 0 Å². The zero-order chi connectivity index (χ0) is 14.8. The van der Waals surface area contributed by atoms with E-state index in [1.807, 2.05) is 6.07 Å². The SMILES string of the molecule is CCCC#Cc1c(O)ccc(CCCC)c1CCCC. The minimum Gasteiger partial charge on any atom is -0.507 e. The van der Waals surface area contributed by atoms with Crippen LogP contribution in [-0.2, 0) is 12.8 Å². The van der Waals surface area contributed by atoms with Crippen LogP contribution in [0.1, 0.15) is 76.0 Å². The number of phenols is 1. The highest BCUT2D eigenvalue weighted by atomic mass is 16.3. The van der Waals surface area contributed by atoms with Crippen molar-refractivity contribution in [2.75, 3.05) is 0 Å². The number of unbranched alkanes of at least 4 members (excludes halogenated alkanes) is 3. The highest BCUT2D eigenvalue weighted by molar-refractivity contribution is 5.54. The summed E-state index contributed by atoms with van der Waals surface area (Å²) in [4.78, 5) is 0. The molecule has 0 heterocycles. The molecule has 1 nitrogen and oxygen atoms in total. The Morgan fingerprint density at radius 2 is 1.65 bits per heavy atom. The zero-order valence-electron chi connectivity index (χ0n) is 13.3. The van der Waals surface area contributed by atoms with E-state index < -0.39 is 0 Å². The van der Waals surface area contributed by atoms with Gasteiger partial charge in [-0.1, -0.05) is 51.5 Å². The maximum atomic E-state index is 10.1. The van der Waals surface area contributed by atoms with Gasteiger partial charge in [-0.25, -0.2) is 0 Å². The molecule has 1 heteroatoms. The van der Waals surface area contributed by atoms with Crippen molar-refractivity contribution in [3.8, 4) is 17.6 Å². The minimum atomic E-state index is 0.347. The standard InChI is InChI=1S/C19H28O/c1-4-7-10-13-18-17(12-9-6-3)16(11-8-5-2)14-15-19(18)20/h14-15,20H,4-9,11-12H2,1-3H3. The first-order valence-corrected chi connectivity index (χ1v) is 8.07. The second kappa shape index (κ2) is 9.48. The van der Waals surface area contributed by atoms with E-state index in [9.17, 15) is 5.11 Å². The van der Waals surface area contributed by atoms with Gasteiger partial charge < -0.3 is 5.11 Å². The third-order valence-corrected chi connectivity index (χ3v) is 3.56. The van der Waals surface area contributed by atoms with Crippen LogP contribution in [0.4, 0.5) is 0 Å². The molecule has 1 N–H and O–H groups in total. The molecule has 0 fully saturated rings. The van der Waals surface area contributed by atoms with E-state index in [-0.39, 0.29) is 0 Å². The average molecular weight is 272 g/mol. The van der Waals surface area contributed by atoms with Gasteiger partial charge >= 0.3 is 0 Å². The van der Waals surface area contributed by atoms with E-state index >= 15 is 0 Å². The molecule has 0 radical (unpaired) electrons. The van der Waals surface area contributed by atoms with Crippen LogP contribution in [0.5, 0.6) is 5.75 Å². The molecule has 1 aromatic rings. The fourth-order valence-corrected chi connectivity index (χ4v) is 2.33. The Bertz CT molecular complexity index is 463. The molecule has 0 atom stereocenters. The molecular weight excluding hydrogens is 244 g/mol. The summed E-state index contributed by atoms with van der Waals surface area (Å²) >= 11 is 0. The molecule has 110 valence electrons. The number of hydrogen-bond acceptors (Lipinski definition) is 1. The summed E-state index contributed by atoms with van der Waals surface area (Å²) in [7, 11) is 0. The zero-order valence-corrected chi connectivity index (χ0v) is 13.3. The van der Waals surface area contributed by atoms with Crippen molar-refractivity contribution in [2.45, 2.75) is 72.1 Å². The van der Waals surface area contributed by atoms with Gasteiger partial charge in [0.2, 0.25) is 0 Å². The van der Waals surface area contributed by atoms with Gasteiger partial charge in [0, 0.05) is 6.42 Å². The van der Waals surface area contributed by atoms with E-state index in [0.717, 1.165) is 37.7 Å². The van der Waals surface area contributed by atoms with Crippen LogP contribution < -0.4 is 0 Å². The molecule has 0 amide bonds. The smallest absolute Gasteiger partial charge is 0.131 e. The molecule has 0 aliphatic heterocycles. The molecule has 0 saturated carbocycles. The van der Waals surface area contributed by atoms with Crippen molar-refractivity contribution in [1.82, 2.24) is 0 Å². The third kappa shape index (κ3) is 4.93. The summed E-state index contributed by atoms with van der Waals surface area (Å²) in [5, 5.41) is 10.1. The Morgan fingerprint density at radius 1 is 0.950 bits per heavy atom. The summed E-state index contributed by atoms with van der Waals surface area (Å²) in [6.45, 7) is 6.55. The van der Waals surface area contributed by atoms with Crippen LogP contribution in [0.2, 0.25) is 0 Å². The largest absolute Gasteiger partial charge is 0.507 e. The van der Waals surface area contributed by atoms with Crippen molar-refractivity contribution in [3.63, 3.8) is 0 Å². The van der Waals surface area contributed by atoms with E-state index in [1.165, 1.54) is 30.4 Å². The summed E-state index contributed by atoms with van der Waals surface area (Å²) in [5.41, 5.74) is 3.53. The van der Waals surface area contributed by atoms with Gasteiger partial charge in [-0.15, -0.1) is 0 Å². The third-order valence-electron chi connectivity index (χ3n) is 3.56. The number of hydrogen-bond donors (Lipinski definition) is 1. The van der Waals surface area contributed by atoms with Crippen molar-refractivity contribution in [2.24, 2.45) is 0 Å². The molecule has 1 aromatic carbocycles. The molecule has 0 aliphatic rings. The Hall–Kier alpha value is -1.42. The molecule has 0 spiro atoms. The van der Waals surface area contributed by atoms with Crippen LogP contribution in [0.15, 0.2) is 12.1 Å². The Kier molecular flexibility index (Phi) is 7.88. The molecular formula is C19H28O. The van der Waals surface area contributed by atoms with Gasteiger partial charge in [-0.05, 0) is 49.3 Å². The number of rotatable bonds is 7. The van der Waals surface area contributed by atoms with Gasteiger partial charge in [-0.3, -0.25) is 0 Å². The first-order valence-electron chi connectivity index (χ1n) is 8.07. The molecule has 0 aliphatic carbocycles. The van der Waals surface area contributed by atoms with Gasteiger partial charge in [0.25, 0.3) is 0 Å². The van der Waals surface area contributed by atoms with E-state index in [1.54, 1.807) is 0 Å². The maximum absolute atomic E-state index is 10.1. The Balaban J connectivity index is 3.12. The summed E-state index contributed by atoms with van der Waals surface area (Å²) in [6, 6.07) is 3.90. The molecule has 1 rings (SSSR count). The Labute approximate surface area is 124 Å². The van der Waals surface area contributed by atoms with Gasteiger partial charge in [0.1, 0.15) is 5.75 Å². The second-order valence-electron chi connectivity index (χ2n) is 5.36. The van der Waals surface area contributed by atoms with Crippen molar-refractivity contribution in [3.05, 3.63) is 28.8 Å². The average Bonchev–Trinajstić information content (AvgIpc) is 2.46. The van der Waals surface area contributed by atoms with Gasteiger partial charge in [0.15, 0.2) is 0 Å².